The summed E-state index contributed by atoms with van der Waals surface area (Å²) in [6.07, 6.45) is 0. The second kappa shape index (κ2) is 7.79. The van der Waals surface area contributed by atoms with Gasteiger partial charge in [0.25, 0.3) is 5.91 Å². The average Bonchev–Trinajstić information content (AvgIpc) is 2.49. The van der Waals surface area contributed by atoms with Crippen LogP contribution in [0.4, 0.5) is 5.69 Å². The van der Waals surface area contributed by atoms with E-state index in [1.165, 1.54) is 0 Å². The lowest BCUT2D eigenvalue weighted by Crippen LogP contribution is -2.12. The van der Waals surface area contributed by atoms with Crippen molar-refractivity contribution < 1.29 is 9.53 Å². The van der Waals surface area contributed by atoms with Crippen LogP contribution in [0.5, 0.6) is 5.75 Å². The van der Waals surface area contributed by atoms with E-state index in [1.807, 2.05) is 49.4 Å². The molecule has 0 saturated heterocycles. The predicted octanol–water partition coefficient (Wildman–Crippen LogP) is 4.84. The summed E-state index contributed by atoms with van der Waals surface area (Å²) in [5.41, 5.74) is 2.42. The molecule has 2 rings (SSSR count). The molecule has 0 atom stereocenters. The Balaban J connectivity index is 2.15. The number of rotatable bonds is 5. The van der Waals surface area contributed by atoms with Gasteiger partial charge in [-0.15, -0.1) is 0 Å². The first-order valence-corrected chi connectivity index (χ1v) is 8.72. The van der Waals surface area contributed by atoms with Crippen LogP contribution in [0.15, 0.2) is 42.5 Å². The number of halogens is 2. The highest BCUT2D eigenvalue weighted by molar-refractivity contribution is 14.1. The number of carbonyl (C=O) groups excluding carboxylic acids is 1. The number of ether oxygens (including phenoxy) is 1. The first kappa shape index (κ1) is 16.3. The standard InChI is InChI=1S/C16H15BrINO2/c1-2-21-15-8-7-14(9-12(15)10-17)19-16(20)11-3-5-13(18)6-4-11/h3-9H,2,10H2,1H3,(H,19,20). The molecular formula is C16H15BrINO2. The molecular weight excluding hydrogens is 445 g/mol. The van der Waals surface area contributed by atoms with Gasteiger partial charge in [0.2, 0.25) is 0 Å². The fourth-order valence-electron chi connectivity index (χ4n) is 1.86. The van der Waals surface area contributed by atoms with Crippen LogP contribution in [0.2, 0.25) is 0 Å². The van der Waals surface area contributed by atoms with Crippen molar-refractivity contribution in [2.24, 2.45) is 0 Å². The number of alkyl halides is 1. The lowest BCUT2D eigenvalue weighted by Gasteiger charge is -2.11. The lowest BCUT2D eigenvalue weighted by atomic mass is 10.1. The number of carbonyl (C=O) groups is 1. The van der Waals surface area contributed by atoms with Gasteiger partial charge in [-0.1, -0.05) is 15.9 Å². The van der Waals surface area contributed by atoms with Gasteiger partial charge in [0.1, 0.15) is 5.75 Å². The van der Waals surface area contributed by atoms with Crippen molar-refractivity contribution in [3.8, 4) is 5.75 Å². The van der Waals surface area contributed by atoms with E-state index < -0.39 is 0 Å². The zero-order valence-corrected chi connectivity index (χ0v) is 15.3. The van der Waals surface area contributed by atoms with Gasteiger partial charge in [0.05, 0.1) is 6.61 Å². The molecule has 0 aromatic heterocycles. The zero-order chi connectivity index (χ0) is 15.2. The predicted molar refractivity (Wildman–Crippen MR) is 97.4 cm³/mol. The number of anilines is 1. The number of hydrogen-bond acceptors (Lipinski definition) is 2. The highest BCUT2D eigenvalue weighted by Crippen LogP contribution is 2.25. The summed E-state index contributed by atoms with van der Waals surface area (Å²) in [4.78, 5) is 12.2. The quantitative estimate of drug-likeness (QED) is 0.513. The van der Waals surface area contributed by atoms with E-state index in [4.69, 9.17) is 4.74 Å². The van der Waals surface area contributed by atoms with Gasteiger partial charge in [-0.05, 0) is 72.0 Å². The molecule has 21 heavy (non-hydrogen) atoms. The summed E-state index contributed by atoms with van der Waals surface area (Å²) in [6, 6.07) is 13.1. The number of hydrogen-bond donors (Lipinski definition) is 1. The Bertz CT molecular complexity index is 629. The second-order valence-corrected chi connectivity index (χ2v) is 6.16. The fourth-order valence-corrected chi connectivity index (χ4v) is 2.66. The van der Waals surface area contributed by atoms with E-state index >= 15 is 0 Å². The normalized spacial score (nSPS) is 10.2. The molecule has 0 aliphatic carbocycles. The second-order valence-electron chi connectivity index (χ2n) is 4.35. The summed E-state index contributed by atoms with van der Waals surface area (Å²) < 4.78 is 6.65. The highest BCUT2D eigenvalue weighted by atomic mass is 127. The maximum Gasteiger partial charge on any atom is 0.255 e. The fraction of sp³-hybridized carbons (Fsp3) is 0.188. The van der Waals surface area contributed by atoms with E-state index in [1.54, 1.807) is 0 Å². The third-order valence-electron chi connectivity index (χ3n) is 2.87. The van der Waals surface area contributed by atoms with Crippen molar-refractivity contribution in [2.75, 3.05) is 11.9 Å². The van der Waals surface area contributed by atoms with Crippen LogP contribution in [0.1, 0.15) is 22.8 Å². The van der Waals surface area contributed by atoms with Crippen LogP contribution in [0.25, 0.3) is 0 Å². The zero-order valence-electron chi connectivity index (χ0n) is 11.5. The number of amides is 1. The van der Waals surface area contributed by atoms with Crippen LogP contribution in [-0.2, 0) is 5.33 Å². The van der Waals surface area contributed by atoms with E-state index in [0.717, 1.165) is 20.6 Å². The SMILES string of the molecule is CCOc1ccc(NC(=O)c2ccc(I)cc2)cc1CBr. The van der Waals surface area contributed by atoms with Crippen LogP contribution in [0, 0.1) is 3.57 Å². The van der Waals surface area contributed by atoms with Crippen LogP contribution >= 0.6 is 38.5 Å². The van der Waals surface area contributed by atoms with E-state index in [-0.39, 0.29) is 5.91 Å². The third kappa shape index (κ3) is 4.44. The Hall–Kier alpha value is -1.08. The first-order valence-electron chi connectivity index (χ1n) is 6.52. The number of benzene rings is 2. The molecule has 0 unspecified atom stereocenters. The molecule has 0 aliphatic rings. The third-order valence-corrected chi connectivity index (χ3v) is 4.19. The van der Waals surface area contributed by atoms with Gasteiger partial charge in [0, 0.05) is 25.7 Å². The molecule has 110 valence electrons. The molecule has 0 bridgehead atoms. The minimum atomic E-state index is -0.115. The summed E-state index contributed by atoms with van der Waals surface area (Å²) in [6.45, 7) is 2.57. The Labute approximate surface area is 146 Å². The molecule has 3 nitrogen and oxygen atoms in total. The van der Waals surface area contributed by atoms with Crippen molar-refractivity contribution in [2.45, 2.75) is 12.3 Å². The van der Waals surface area contributed by atoms with Gasteiger partial charge in [0.15, 0.2) is 0 Å². The molecule has 0 radical (unpaired) electrons. The van der Waals surface area contributed by atoms with Crippen molar-refractivity contribution in [3.05, 3.63) is 57.2 Å². The highest BCUT2D eigenvalue weighted by Gasteiger charge is 2.08. The van der Waals surface area contributed by atoms with E-state index in [9.17, 15) is 4.79 Å². The smallest absolute Gasteiger partial charge is 0.255 e. The van der Waals surface area contributed by atoms with Crippen LogP contribution < -0.4 is 10.1 Å². The molecule has 2 aromatic rings. The maximum atomic E-state index is 12.2. The maximum absolute atomic E-state index is 12.2. The van der Waals surface area contributed by atoms with Gasteiger partial charge in [-0.3, -0.25) is 4.79 Å². The summed E-state index contributed by atoms with van der Waals surface area (Å²) in [7, 11) is 0. The Morgan fingerprint density at radius 2 is 1.95 bits per heavy atom. The van der Waals surface area contributed by atoms with Gasteiger partial charge < -0.3 is 10.1 Å². The minimum Gasteiger partial charge on any atom is -0.494 e. The molecule has 0 aliphatic heterocycles. The Morgan fingerprint density at radius 1 is 1.24 bits per heavy atom. The van der Waals surface area contributed by atoms with E-state index in [2.05, 4.69) is 43.8 Å². The van der Waals surface area contributed by atoms with Crippen molar-refractivity contribution in [1.29, 1.82) is 0 Å². The summed E-state index contributed by atoms with van der Waals surface area (Å²) in [5, 5.41) is 3.58. The monoisotopic (exact) mass is 459 g/mol. The van der Waals surface area contributed by atoms with Crippen LogP contribution in [0.3, 0.4) is 0 Å². The van der Waals surface area contributed by atoms with Crippen molar-refractivity contribution >= 4 is 50.1 Å². The lowest BCUT2D eigenvalue weighted by molar-refractivity contribution is 0.102. The molecule has 0 spiro atoms. The van der Waals surface area contributed by atoms with Gasteiger partial charge >= 0.3 is 0 Å². The molecule has 0 heterocycles. The summed E-state index contributed by atoms with van der Waals surface area (Å²) in [5.74, 6) is 0.720. The molecule has 1 amide bonds. The largest absolute Gasteiger partial charge is 0.494 e. The van der Waals surface area contributed by atoms with Crippen molar-refractivity contribution in [3.63, 3.8) is 0 Å². The van der Waals surface area contributed by atoms with Gasteiger partial charge in [-0.2, -0.15) is 0 Å². The average molecular weight is 460 g/mol. The first-order chi connectivity index (χ1) is 10.1. The molecule has 0 fully saturated rings. The summed E-state index contributed by atoms with van der Waals surface area (Å²) >= 11 is 5.65. The molecule has 2 aromatic carbocycles. The Morgan fingerprint density at radius 3 is 2.57 bits per heavy atom. The minimum absolute atomic E-state index is 0.115. The molecule has 1 N–H and O–H groups in total. The molecule has 0 saturated carbocycles. The van der Waals surface area contributed by atoms with E-state index in [0.29, 0.717) is 17.5 Å². The molecule has 5 heteroatoms. The van der Waals surface area contributed by atoms with Crippen LogP contribution in [-0.4, -0.2) is 12.5 Å². The topological polar surface area (TPSA) is 38.3 Å². The van der Waals surface area contributed by atoms with Crippen molar-refractivity contribution in [1.82, 2.24) is 0 Å². The van der Waals surface area contributed by atoms with Gasteiger partial charge in [-0.25, -0.2) is 0 Å². The Kier molecular flexibility index (Phi) is 6.05. The number of nitrogens with one attached hydrogen (secondary N) is 1.